The number of aryl methyl sites for hydroxylation is 1. The van der Waals surface area contributed by atoms with Gasteiger partial charge in [0, 0.05) is 23.7 Å². The molecular formula is C13H18N4. The molecule has 0 bridgehead atoms. The lowest BCUT2D eigenvalue weighted by Crippen LogP contribution is -2.03. The van der Waals surface area contributed by atoms with E-state index in [9.17, 15) is 0 Å². The average Bonchev–Trinajstić information content (AvgIpc) is 2.81. The van der Waals surface area contributed by atoms with Gasteiger partial charge in [-0.15, -0.1) is 10.2 Å². The Morgan fingerprint density at radius 3 is 3.00 bits per heavy atom. The van der Waals surface area contributed by atoms with E-state index >= 15 is 0 Å². The molecular weight excluding hydrogens is 212 g/mol. The first-order valence-electron chi connectivity index (χ1n) is 5.83. The fourth-order valence-corrected chi connectivity index (χ4v) is 2.03. The Morgan fingerprint density at radius 2 is 2.29 bits per heavy atom. The Morgan fingerprint density at radius 1 is 1.53 bits per heavy atom. The minimum Gasteiger partial charge on any atom is -0.402 e. The van der Waals surface area contributed by atoms with Crippen molar-refractivity contribution in [3.8, 4) is 0 Å². The number of aromatic nitrogens is 3. The molecule has 1 aliphatic heterocycles. The quantitative estimate of drug-likeness (QED) is 0.810. The number of hydrogen-bond acceptors (Lipinski definition) is 3. The molecule has 17 heavy (non-hydrogen) atoms. The molecule has 4 nitrogen and oxygen atoms in total. The monoisotopic (exact) mass is 230 g/mol. The van der Waals surface area contributed by atoms with Gasteiger partial charge in [0.15, 0.2) is 5.82 Å². The van der Waals surface area contributed by atoms with E-state index in [0.717, 1.165) is 35.8 Å². The Bertz CT molecular complexity index is 490. The van der Waals surface area contributed by atoms with Crippen molar-refractivity contribution in [2.75, 3.05) is 0 Å². The van der Waals surface area contributed by atoms with E-state index in [-0.39, 0.29) is 0 Å². The van der Waals surface area contributed by atoms with Crippen LogP contribution in [0.4, 0.5) is 0 Å². The zero-order valence-corrected chi connectivity index (χ0v) is 10.3. The van der Waals surface area contributed by atoms with Crippen LogP contribution >= 0.6 is 0 Å². The van der Waals surface area contributed by atoms with E-state index < -0.39 is 0 Å². The van der Waals surface area contributed by atoms with Crippen molar-refractivity contribution < 1.29 is 0 Å². The Balaban J connectivity index is 2.21. The summed E-state index contributed by atoms with van der Waals surface area (Å²) in [5.41, 5.74) is 7.20. The maximum Gasteiger partial charge on any atom is 0.163 e. The van der Waals surface area contributed by atoms with Crippen LogP contribution in [-0.4, -0.2) is 14.8 Å². The van der Waals surface area contributed by atoms with Crippen LogP contribution in [0.25, 0.3) is 5.57 Å². The third-order valence-corrected chi connectivity index (χ3v) is 2.94. The molecule has 0 fully saturated rings. The van der Waals surface area contributed by atoms with Gasteiger partial charge in [0.25, 0.3) is 0 Å². The second-order valence-electron chi connectivity index (χ2n) is 4.49. The van der Waals surface area contributed by atoms with E-state index in [1.54, 1.807) is 0 Å². The largest absolute Gasteiger partial charge is 0.402 e. The first-order chi connectivity index (χ1) is 8.09. The van der Waals surface area contributed by atoms with Crippen LogP contribution in [0.1, 0.15) is 38.0 Å². The summed E-state index contributed by atoms with van der Waals surface area (Å²) >= 11 is 0. The predicted octanol–water partition coefficient (Wildman–Crippen LogP) is 2.22. The van der Waals surface area contributed by atoms with Crippen molar-refractivity contribution in [2.45, 2.75) is 32.7 Å². The van der Waals surface area contributed by atoms with E-state index in [4.69, 9.17) is 5.73 Å². The zero-order chi connectivity index (χ0) is 12.4. The molecule has 0 aliphatic carbocycles. The van der Waals surface area contributed by atoms with Crippen molar-refractivity contribution in [3.05, 3.63) is 42.2 Å². The number of fused-ring (bicyclic) bond motifs is 1. The van der Waals surface area contributed by atoms with Gasteiger partial charge >= 0.3 is 0 Å². The lowest BCUT2D eigenvalue weighted by Gasteiger charge is -2.09. The lowest BCUT2D eigenvalue weighted by atomic mass is 10.2. The summed E-state index contributed by atoms with van der Waals surface area (Å²) < 4.78 is 2.17. The van der Waals surface area contributed by atoms with E-state index in [1.165, 1.54) is 0 Å². The van der Waals surface area contributed by atoms with Gasteiger partial charge in [0.05, 0.1) is 0 Å². The molecule has 1 aromatic heterocycles. The number of allylic oxidation sites excluding steroid dienone is 5. The first-order valence-corrected chi connectivity index (χ1v) is 5.83. The van der Waals surface area contributed by atoms with E-state index in [1.807, 2.05) is 25.2 Å². The second kappa shape index (κ2) is 4.57. The van der Waals surface area contributed by atoms with Gasteiger partial charge in [-0.05, 0) is 26.3 Å². The average molecular weight is 230 g/mol. The van der Waals surface area contributed by atoms with Gasteiger partial charge in [-0.3, -0.25) is 0 Å². The molecule has 90 valence electrons. The summed E-state index contributed by atoms with van der Waals surface area (Å²) in [4.78, 5) is 0. The first kappa shape index (κ1) is 11.6. The highest BCUT2D eigenvalue weighted by atomic mass is 15.3. The van der Waals surface area contributed by atoms with Crippen molar-refractivity contribution in [1.29, 1.82) is 0 Å². The van der Waals surface area contributed by atoms with Gasteiger partial charge in [-0.1, -0.05) is 18.7 Å². The topological polar surface area (TPSA) is 56.7 Å². The molecule has 2 rings (SSSR count). The Labute approximate surface area is 102 Å². The van der Waals surface area contributed by atoms with E-state index in [0.29, 0.717) is 6.04 Å². The highest BCUT2D eigenvalue weighted by molar-refractivity contribution is 5.68. The van der Waals surface area contributed by atoms with Crippen LogP contribution in [0.15, 0.2) is 30.5 Å². The molecule has 0 saturated carbocycles. The Hall–Kier alpha value is -1.84. The van der Waals surface area contributed by atoms with Crippen LogP contribution in [0.5, 0.6) is 0 Å². The predicted molar refractivity (Wildman–Crippen MR) is 69.2 cm³/mol. The maximum atomic E-state index is 5.56. The molecule has 1 unspecified atom stereocenters. The normalized spacial score (nSPS) is 19.9. The number of rotatable bonds is 3. The van der Waals surface area contributed by atoms with Crippen LogP contribution < -0.4 is 5.73 Å². The molecule has 4 heteroatoms. The van der Waals surface area contributed by atoms with Crippen molar-refractivity contribution in [3.63, 3.8) is 0 Å². The molecule has 2 heterocycles. The third kappa shape index (κ3) is 2.30. The fourth-order valence-electron chi connectivity index (χ4n) is 2.03. The molecule has 0 amide bonds. The summed E-state index contributed by atoms with van der Waals surface area (Å²) in [5.74, 6) is 1.93. The van der Waals surface area contributed by atoms with Crippen molar-refractivity contribution >= 4 is 5.57 Å². The van der Waals surface area contributed by atoms with Gasteiger partial charge in [-0.2, -0.15) is 0 Å². The molecule has 0 aromatic carbocycles. The van der Waals surface area contributed by atoms with Gasteiger partial charge in [0.2, 0.25) is 0 Å². The molecule has 2 N–H and O–H groups in total. The Kier molecular flexibility index (Phi) is 3.13. The molecule has 0 saturated heterocycles. The van der Waals surface area contributed by atoms with Gasteiger partial charge in [-0.25, -0.2) is 0 Å². The molecule has 1 atom stereocenters. The number of nitrogens with zero attached hydrogens (tertiary/aromatic N) is 3. The summed E-state index contributed by atoms with van der Waals surface area (Å²) in [6.45, 7) is 8.06. The van der Waals surface area contributed by atoms with Crippen LogP contribution in [0.2, 0.25) is 0 Å². The maximum absolute atomic E-state index is 5.56. The molecule has 0 radical (unpaired) electrons. The summed E-state index contributed by atoms with van der Waals surface area (Å²) in [6, 6.07) is 0.465. The highest BCUT2D eigenvalue weighted by Gasteiger charge is 2.23. The third-order valence-electron chi connectivity index (χ3n) is 2.94. The second-order valence-corrected chi connectivity index (χ2v) is 4.49. The summed E-state index contributed by atoms with van der Waals surface area (Å²) in [6.07, 6.45) is 7.79. The SMILES string of the molecule is C=C(/C=C\C=C(/C)N)c1nnc2n1C(C)CC2. The lowest BCUT2D eigenvalue weighted by molar-refractivity contribution is 0.571. The summed E-state index contributed by atoms with van der Waals surface area (Å²) in [5, 5.41) is 8.39. The van der Waals surface area contributed by atoms with Gasteiger partial charge < -0.3 is 10.3 Å². The van der Waals surface area contributed by atoms with E-state index in [2.05, 4.69) is 28.3 Å². The highest BCUT2D eigenvalue weighted by Crippen LogP contribution is 2.28. The zero-order valence-electron chi connectivity index (χ0n) is 10.3. The number of hydrogen-bond donors (Lipinski definition) is 1. The molecule has 1 aliphatic rings. The van der Waals surface area contributed by atoms with Crippen LogP contribution in [-0.2, 0) is 6.42 Å². The van der Waals surface area contributed by atoms with Crippen molar-refractivity contribution in [2.24, 2.45) is 5.73 Å². The minimum atomic E-state index is 0.465. The van der Waals surface area contributed by atoms with Crippen LogP contribution in [0, 0.1) is 0 Å². The van der Waals surface area contributed by atoms with Gasteiger partial charge in [0.1, 0.15) is 5.82 Å². The standard InChI is InChI=1S/C13H18N4/c1-9(5-4-6-10(2)14)13-16-15-12-8-7-11(3)17(12)13/h4-6,11H,1,7-8,14H2,2-3H3/b5-4-,10-6+. The fraction of sp³-hybridized carbons (Fsp3) is 0.385. The number of nitrogens with two attached hydrogens (primary N) is 1. The minimum absolute atomic E-state index is 0.465. The smallest absolute Gasteiger partial charge is 0.163 e. The van der Waals surface area contributed by atoms with Crippen LogP contribution in [0.3, 0.4) is 0 Å². The molecule has 0 spiro atoms. The molecule has 1 aromatic rings. The van der Waals surface area contributed by atoms with Crippen molar-refractivity contribution in [1.82, 2.24) is 14.8 Å². The summed E-state index contributed by atoms with van der Waals surface area (Å²) in [7, 11) is 0.